The monoisotopic (exact) mass is 489 g/mol. The molecule has 10 nitrogen and oxygen atoms in total. The van der Waals surface area contributed by atoms with Crippen molar-refractivity contribution < 1.29 is 22.4 Å². The van der Waals surface area contributed by atoms with Gasteiger partial charge in [-0.25, -0.2) is 18.1 Å². The highest BCUT2D eigenvalue weighted by Gasteiger charge is 2.19. The largest absolute Gasteiger partial charge is 0.493 e. The number of hydrogen-bond donors (Lipinski definition) is 2. The van der Waals surface area contributed by atoms with Gasteiger partial charge in [0.2, 0.25) is 11.2 Å². The summed E-state index contributed by atoms with van der Waals surface area (Å²) in [4.78, 5) is 8.55. The zero-order valence-corrected chi connectivity index (χ0v) is 19.7. The Morgan fingerprint density at radius 2 is 1.67 bits per heavy atom. The van der Waals surface area contributed by atoms with E-state index in [2.05, 4.69) is 25.2 Å². The lowest BCUT2D eigenvalue weighted by Crippen LogP contribution is -2.13. The number of sulfonamides is 1. The number of nitrogens with one attached hydrogen (secondary N) is 2. The molecule has 0 saturated heterocycles. The van der Waals surface area contributed by atoms with Crippen LogP contribution in [0.2, 0.25) is 5.28 Å². The Hall–Kier alpha value is -3.57. The number of fused-ring (bicyclic) bond motifs is 1. The number of methoxy groups -OCH3 is 2. The Morgan fingerprint density at radius 1 is 1.00 bits per heavy atom. The highest BCUT2D eigenvalue weighted by atomic mass is 35.5. The van der Waals surface area contributed by atoms with Gasteiger partial charge in [-0.3, -0.25) is 0 Å². The van der Waals surface area contributed by atoms with Crippen LogP contribution >= 0.6 is 11.6 Å². The summed E-state index contributed by atoms with van der Waals surface area (Å²) in [6.07, 6.45) is 0. The minimum atomic E-state index is -3.86. The van der Waals surface area contributed by atoms with E-state index in [4.69, 9.17) is 25.6 Å². The molecule has 0 saturated carbocycles. The summed E-state index contributed by atoms with van der Waals surface area (Å²) in [6, 6.07) is 9.56. The molecule has 0 fully saturated rings. The van der Waals surface area contributed by atoms with Crippen molar-refractivity contribution in [1.29, 1.82) is 0 Å². The van der Waals surface area contributed by atoms with Gasteiger partial charge in [-0.1, -0.05) is 5.16 Å². The van der Waals surface area contributed by atoms with Gasteiger partial charge in [-0.2, -0.15) is 4.98 Å². The van der Waals surface area contributed by atoms with Gasteiger partial charge in [-0.15, -0.1) is 0 Å². The van der Waals surface area contributed by atoms with E-state index in [0.29, 0.717) is 45.2 Å². The van der Waals surface area contributed by atoms with E-state index in [1.165, 1.54) is 26.4 Å². The van der Waals surface area contributed by atoms with Crippen LogP contribution in [0.4, 0.5) is 17.4 Å². The zero-order chi connectivity index (χ0) is 23.8. The fraction of sp³-hybridized carbons (Fsp3) is 0.190. The average Bonchev–Trinajstić information content (AvgIpc) is 3.10. The normalized spacial score (nSPS) is 11.4. The molecule has 0 unspecified atom stereocenters. The van der Waals surface area contributed by atoms with Crippen molar-refractivity contribution in [1.82, 2.24) is 15.1 Å². The third-order valence-corrected chi connectivity index (χ3v) is 6.50. The molecule has 4 rings (SSSR count). The van der Waals surface area contributed by atoms with Crippen molar-refractivity contribution >= 4 is 49.9 Å². The number of aryl methyl sites for hydroxylation is 1. The number of halogens is 1. The Kier molecular flexibility index (Phi) is 6.00. The molecule has 2 heterocycles. The van der Waals surface area contributed by atoms with E-state index >= 15 is 0 Å². The van der Waals surface area contributed by atoms with Crippen LogP contribution in [-0.4, -0.2) is 37.8 Å². The fourth-order valence-corrected chi connectivity index (χ4v) is 4.29. The number of anilines is 3. The smallest absolute Gasteiger partial charge is 0.264 e. The van der Waals surface area contributed by atoms with E-state index in [1.807, 2.05) is 0 Å². The summed E-state index contributed by atoms with van der Waals surface area (Å²) < 4.78 is 43.5. The number of rotatable bonds is 7. The lowest BCUT2D eigenvalue weighted by atomic mass is 10.2. The second-order valence-corrected chi connectivity index (χ2v) is 9.06. The highest BCUT2D eigenvalue weighted by molar-refractivity contribution is 7.92. The molecule has 4 aromatic rings. The third kappa shape index (κ3) is 4.50. The first-order valence-corrected chi connectivity index (χ1v) is 11.5. The minimum absolute atomic E-state index is 0.0401. The molecule has 2 N–H and O–H groups in total. The number of nitrogens with zero attached hydrogens (tertiary/aromatic N) is 3. The van der Waals surface area contributed by atoms with E-state index in [9.17, 15) is 8.42 Å². The van der Waals surface area contributed by atoms with Gasteiger partial charge in [0.15, 0.2) is 11.5 Å². The van der Waals surface area contributed by atoms with Gasteiger partial charge in [0, 0.05) is 22.7 Å². The maximum Gasteiger partial charge on any atom is 0.264 e. The van der Waals surface area contributed by atoms with Gasteiger partial charge in [0.1, 0.15) is 5.82 Å². The summed E-state index contributed by atoms with van der Waals surface area (Å²) in [5.41, 5.74) is 2.37. The standard InChI is InChI=1S/C21H20ClN5O5S/c1-11-12(2)26-32-20(11)27-33(28,29)14-7-5-13(6-8-14)23-19-15-9-17(30-3)18(31-4)10-16(15)24-21(22)25-19/h5-10,27H,1-4H3,(H,23,24,25). The molecule has 0 aliphatic heterocycles. The predicted molar refractivity (Wildman–Crippen MR) is 124 cm³/mol. The molecule has 0 aliphatic rings. The van der Waals surface area contributed by atoms with Crippen LogP contribution in [0.3, 0.4) is 0 Å². The summed E-state index contributed by atoms with van der Waals surface area (Å²) in [5.74, 6) is 1.52. The van der Waals surface area contributed by atoms with E-state index in [0.717, 1.165) is 0 Å². The Bertz CT molecular complexity index is 1440. The molecule has 0 atom stereocenters. The average molecular weight is 490 g/mol. The third-order valence-electron chi connectivity index (χ3n) is 4.99. The quantitative estimate of drug-likeness (QED) is 0.361. The maximum absolute atomic E-state index is 12.7. The van der Waals surface area contributed by atoms with Crippen LogP contribution < -0.4 is 19.5 Å². The molecular weight excluding hydrogens is 470 g/mol. The van der Waals surface area contributed by atoms with E-state index < -0.39 is 10.0 Å². The highest BCUT2D eigenvalue weighted by Crippen LogP contribution is 2.35. The fourth-order valence-electron chi connectivity index (χ4n) is 3.07. The minimum Gasteiger partial charge on any atom is -0.493 e. The zero-order valence-electron chi connectivity index (χ0n) is 18.1. The van der Waals surface area contributed by atoms with Gasteiger partial charge >= 0.3 is 0 Å². The van der Waals surface area contributed by atoms with Gasteiger partial charge < -0.3 is 19.3 Å². The Balaban J connectivity index is 1.63. The molecule has 0 amide bonds. The van der Waals surface area contributed by atoms with Crippen molar-refractivity contribution in [3.63, 3.8) is 0 Å². The van der Waals surface area contributed by atoms with Crippen molar-refractivity contribution in [3.05, 3.63) is 52.9 Å². The molecule has 2 aromatic carbocycles. The van der Waals surface area contributed by atoms with Crippen molar-refractivity contribution in [3.8, 4) is 11.5 Å². The lowest BCUT2D eigenvalue weighted by molar-refractivity contribution is 0.356. The first-order chi connectivity index (χ1) is 15.7. The Labute approximate surface area is 194 Å². The molecular formula is C21H20ClN5O5S. The van der Waals surface area contributed by atoms with Crippen LogP contribution in [0.5, 0.6) is 11.5 Å². The lowest BCUT2D eigenvalue weighted by Gasteiger charge is -2.13. The van der Waals surface area contributed by atoms with E-state index in [1.54, 1.807) is 38.1 Å². The van der Waals surface area contributed by atoms with Crippen molar-refractivity contribution in [2.75, 3.05) is 24.3 Å². The van der Waals surface area contributed by atoms with Crippen LogP contribution in [0.1, 0.15) is 11.3 Å². The molecule has 0 radical (unpaired) electrons. The summed E-state index contributed by atoms with van der Waals surface area (Å²) in [7, 11) is -0.800. The molecule has 0 bridgehead atoms. The second-order valence-electron chi connectivity index (χ2n) is 7.04. The maximum atomic E-state index is 12.7. The molecule has 2 aromatic heterocycles. The van der Waals surface area contributed by atoms with Crippen molar-refractivity contribution in [2.45, 2.75) is 18.7 Å². The molecule has 172 valence electrons. The second kappa shape index (κ2) is 8.75. The van der Waals surface area contributed by atoms with Gasteiger partial charge in [-0.05, 0) is 55.8 Å². The molecule has 33 heavy (non-hydrogen) atoms. The van der Waals surface area contributed by atoms with Gasteiger partial charge in [0.25, 0.3) is 10.0 Å². The Morgan fingerprint density at radius 3 is 2.27 bits per heavy atom. The molecule has 0 aliphatic carbocycles. The van der Waals surface area contributed by atoms with E-state index in [-0.39, 0.29) is 16.1 Å². The summed E-state index contributed by atoms with van der Waals surface area (Å²) in [5, 5.41) is 7.59. The number of aromatic nitrogens is 3. The number of benzene rings is 2. The number of hydrogen-bond acceptors (Lipinski definition) is 9. The predicted octanol–water partition coefficient (Wildman–Crippen LogP) is 4.45. The number of ether oxygens (including phenoxy) is 2. The topological polar surface area (TPSA) is 128 Å². The SMILES string of the molecule is COc1cc2nc(Cl)nc(Nc3ccc(S(=O)(=O)Nc4onc(C)c4C)cc3)c2cc1OC. The van der Waals surface area contributed by atoms with Crippen LogP contribution in [-0.2, 0) is 10.0 Å². The first kappa shape index (κ1) is 22.6. The molecule has 12 heteroatoms. The van der Waals surface area contributed by atoms with Crippen LogP contribution in [0, 0.1) is 13.8 Å². The first-order valence-electron chi connectivity index (χ1n) is 9.64. The van der Waals surface area contributed by atoms with Crippen LogP contribution in [0.25, 0.3) is 10.9 Å². The molecule has 0 spiro atoms. The summed E-state index contributed by atoms with van der Waals surface area (Å²) in [6.45, 7) is 3.45. The summed E-state index contributed by atoms with van der Waals surface area (Å²) >= 11 is 6.10. The van der Waals surface area contributed by atoms with Crippen molar-refractivity contribution in [2.24, 2.45) is 0 Å². The van der Waals surface area contributed by atoms with Gasteiger partial charge in [0.05, 0.1) is 30.3 Å². The van der Waals surface area contributed by atoms with Crippen LogP contribution in [0.15, 0.2) is 45.8 Å².